The van der Waals surface area contributed by atoms with Gasteiger partial charge in [0, 0.05) is 12.1 Å². The van der Waals surface area contributed by atoms with Crippen LogP contribution < -0.4 is 11.2 Å². The lowest BCUT2D eigenvalue weighted by molar-refractivity contribution is 0.619. The topological polar surface area (TPSA) is 80.6 Å². The van der Waals surface area contributed by atoms with E-state index < -0.39 is 5.69 Å². The monoisotopic (exact) mass is 352 g/mol. The molecule has 0 saturated heterocycles. The maximum absolute atomic E-state index is 12.3. The number of fused-ring (bicyclic) bond motifs is 3. The molecule has 0 aliphatic carbocycles. The maximum Gasteiger partial charge on any atom is 0.328 e. The minimum atomic E-state index is -0.391. The van der Waals surface area contributed by atoms with Gasteiger partial charge < -0.3 is 0 Å². The fourth-order valence-corrected chi connectivity index (χ4v) is 3.85. The van der Waals surface area contributed by atoms with Gasteiger partial charge in [-0.25, -0.2) is 14.8 Å². The van der Waals surface area contributed by atoms with Gasteiger partial charge in [0.15, 0.2) is 0 Å². The van der Waals surface area contributed by atoms with Crippen molar-refractivity contribution in [1.82, 2.24) is 19.5 Å². The molecule has 0 spiro atoms. The second kappa shape index (κ2) is 6.25. The van der Waals surface area contributed by atoms with Crippen LogP contribution in [0.2, 0.25) is 0 Å². The highest BCUT2D eigenvalue weighted by molar-refractivity contribution is 7.25. The summed E-state index contributed by atoms with van der Waals surface area (Å²) in [4.78, 5) is 36.8. The van der Waals surface area contributed by atoms with E-state index in [1.807, 2.05) is 30.3 Å². The lowest BCUT2D eigenvalue weighted by Gasteiger charge is -2.06. The molecule has 0 unspecified atom stereocenters. The van der Waals surface area contributed by atoms with E-state index in [0.717, 1.165) is 24.1 Å². The van der Waals surface area contributed by atoms with Crippen molar-refractivity contribution in [1.29, 1.82) is 0 Å². The third-order valence-corrected chi connectivity index (χ3v) is 5.20. The number of aromatic nitrogens is 4. The average Bonchev–Trinajstić information content (AvgIpc) is 3.02. The highest BCUT2D eigenvalue weighted by atomic mass is 32.1. The number of H-pyrrole nitrogens is 1. The van der Waals surface area contributed by atoms with Crippen molar-refractivity contribution >= 4 is 31.9 Å². The largest absolute Gasteiger partial charge is 0.328 e. The molecule has 0 saturated carbocycles. The number of rotatable bonds is 4. The van der Waals surface area contributed by atoms with Gasteiger partial charge >= 0.3 is 5.69 Å². The molecule has 0 aliphatic rings. The first kappa shape index (κ1) is 15.7. The Labute approximate surface area is 146 Å². The zero-order valence-electron chi connectivity index (χ0n) is 13.7. The van der Waals surface area contributed by atoms with E-state index in [9.17, 15) is 9.59 Å². The first-order valence-electron chi connectivity index (χ1n) is 8.17. The Morgan fingerprint density at radius 1 is 1.20 bits per heavy atom. The van der Waals surface area contributed by atoms with Gasteiger partial charge in [0.05, 0.1) is 17.4 Å². The van der Waals surface area contributed by atoms with Crippen LogP contribution in [-0.2, 0) is 6.54 Å². The summed E-state index contributed by atoms with van der Waals surface area (Å²) in [6, 6.07) is 9.74. The van der Waals surface area contributed by atoms with E-state index in [1.165, 1.54) is 11.3 Å². The molecule has 1 N–H and O–H groups in total. The minimum absolute atomic E-state index is 0.376. The summed E-state index contributed by atoms with van der Waals surface area (Å²) in [5.41, 5.74) is 2.11. The molecule has 3 aromatic heterocycles. The summed E-state index contributed by atoms with van der Waals surface area (Å²) < 4.78 is 2.11. The van der Waals surface area contributed by atoms with Crippen molar-refractivity contribution < 1.29 is 0 Å². The van der Waals surface area contributed by atoms with Crippen molar-refractivity contribution in [3.8, 4) is 11.3 Å². The van der Waals surface area contributed by atoms with Crippen LogP contribution in [0, 0.1) is 0 Å². The second-order valence-electron chi connectivity index (χ2n) is 5.82. The fraction of sp³-hybridized carbons (Fsp3) is 0.222. The predicted molar refractivity (Wildman–Crippen MR) is 100 cm³/mol. The molecule has 126 valence electrons. The summed E-state index contributed by atoms with van der Waals surface area (Å²) in [5, 5.41) is 0. The van der Waals surface area contributed by atoms with Gasteiger partial charge in [0.25, 0.3) is 5.56 Å². The molecule has 0 aliphatic heterocycles. The number of thiophene rings is 1. The summed E-state index contributed by atoms with van der Waals surface area (Å²) in [6.07, 6.45) is 3.51. The minimum Gasteiger partial charge on any atom is -0.290 e. The summed E-state index contributed by atoms with van der Waals surface area (Å²) in [6.45, 7) is 2.61. The Morgan fingerprint density at radius 3 is 2.76 bits per heavy atom. The SMILES string of the molecule is CCCCn1c(=O)[nH]c(=O)c2sc3ncc(-c4ccccc4)nc3c21. The molecule has 0 radical (unpaired) electrons. The van der Waals surface area contributed by atoms with E-state index in [-0.39, 0.29) is 5.56 Å². The van der Waals surface area contributed by atoms with Crippen LogP contribution in [0.15, 0.2) is 46.1 Å². The van der Waals surface area contributed by atoms with Crippen molar-refractivity contribution in [3.05, 3.63) is 57.4 Å². The Balaban J connectivity index is 2.05. The van der Waals surface area contributed by atoms with Crippen LogP contribution in [0.3, 0.4) is 0 Å². The maximum atomic E-state index is 12.3. The normalized spacial score (nSPS) is 11.4. The molecule has 0 bridgehead atoms. The van der Waals surface area contributed by atoms with Gasteiger partial charge in [0.2, 0.25) is 0 Å². The third-order valence-electron chi connectivity index (χ3n) is 4.12. The molecule has 0 atom stereocenters. The average molecular weight is 352 g/mol. The molecular weight excluding hydrogens is 336 g/mol. The summed E-state index contributed by atoms with van der Waals surface area (Å²) >= 11 is 1.27. The van der Waals surface area contributed by atoms with E-state index >= 15 is 0 Å². The highest BCUT2D eigenvalue weighted by Crippen LogP contribution is 2.30. The van der Waals surface area contributed by atoms with E-state index in [4.69, 9.17) is 4.98 Å². The van der Waals surface area contributed by atoms with Gasteiger partial charge in [-0.1, -0.05) is 43.7 Å². The Morgan fingerprint density at radius 2 is 2.00 bits per heavy atom. The molecule has 0 fully saturated rings. The number of hydrogen-bond acceptors (Lipinski definition) is 5. The number of nitrogens with one attached hydrogen (secondary N) is 1. The first-order valence-corrected chi connectivity index (χ1v) is 8.98. The highest BCUT2D eigenvalue weighted by Gasteiger charge is 2.17. The standard InChI is InChI=1S/C18H16N4O2S/c1-2-3-9-22-14-13-17(25-15(14)16(23)21-18(22)24)19-10-12(20-13)11-7-5-4-6-8-11/h4-8,10H,2-3,9H2,1H3,(H,21,23,24). The number of hydrogen-bond donors (Lipinski definition) is 1. The number of aryl methyl sites for hydroxylation is 1. The summed E-state index contributed by atoms with van der Waals surface area (Å²) in [5.74, 6) is 0. The predicted octanol–water partition coefficient (Wildman–Crippen LogP) is 3.16. The van der Waals surface area contributed by atoms with Crippen LogP contribution in [0.1, 0.15) is 19.8 Å². The number of aromatic amines is 1. The second-order valence-corrected chi connectivity index (χ2v) is 6.82. The molecule has 4 aromatic rings. The molecule has 0 amide bonds. The van der Waals surface area contributed by atoms with E-state index in [1.54, 1.807) is 10.8 Å². The number of unbranched alkanes of at least 4 members (excludes halogenated alkanes) is 1. The smallest absolute Gasteiger partial charge is 0.290 e. The molecule has 3 heterocycles. The van der Waals surface area contributed by atoms with Crippen LogP contribution in [0.25, 0.3) is 31.8 Å². The number of benzene rings is 1. The lowest BCUT2D eigenvalue weighted by atomic mass is 10.2. The van der Waals surface area contributed by atoms with Crippen molar-refractivity contribution in [2.24, 2.45) is 0 Å². The molecule has 25 heavy (non-hydrogen) atoms. The molecule has 1 aromatic carbocycles. The van der Waals surface area contributed by atoms with Gasteiger partial charge in [-0.05, 0) is 6.42 Å². The molecular formula is C18H16N4O2S. The third kappa shape index (κ3) is 2.66. The Kier molecular flexibility index (Phi) is 3.93. The van der Waals surface area contributed by atoms with Crippen LogP contribution in [0.5, 0.6) is 0 Å². The van der Waals surface area contributed by atoms with E-state index in [2.05, 4.69) is 16.9 Å². The van der Waals surface area contributed by atoms with Gasteiger partial charge in [-0.3, -0.25) is 14.3 Å². The summed E-state index contributed by atoms with van der Waals surface area (Å²) in [7, 11) is 0. The first-order chi connectivity index (χ1) is 12.2. The van der Waals surface area contributed by atoms with Crippen molar-refractivity contribution in [2.75, 3.05) is 0 Å². The van der Waals surface area contributed by atoms with Gasteiger partial charge in [-0.15, -0.1) is 11.3 Å². The van der Waals surface area contributed by atoms with Gasteiger partial charge in [0.1, 0.15) is 15.0 Å². The fourth-order valence-electron chi connectivity index (χ4n) is 2.86. The molecule has 4 rings (SSSR count). The molecule has 6 nitrogen and oxygen atoms in total. The number of nitrogens with zero attached hydrogens (tertiary/aromatic N) is 3. The Bertz CT molecular complexity index is 1170. The quantitative estimate of drug-likeness (QED) is 0.612. The van der Waals surface area contributed by atoms with Gasteiger partial charge in [-0.2, -0.15) is 0 Å². The van der Waals surface area contributed by atoms with Crippen LogP contribution >= 0.6 is 11.3 Å². The zero-order chi connectivity index (χ0) is 17.4. The van der Waals surface area contributed by atoms with Crippen LogP contribution in [0.4, 0.5) is 0 Å². The van der Waals surface area contributed by atoms with E-state index in [0.29, 0.717) is 27.1 Å². The van der Waals surface area contributed by atoms with Crippen LogP contribution in [-0.4, -0.2) is 19.5 Å². The van der Waals surface area contributed by atoms with Crippen molar-refractivity contribution in [3.63, 3.8) is 0 Å². The van der Waals surface area contributed by atoms with Crippen molar-refractivity contribution in [2.45, 2.75) is 26.3 Å². The lowest BCUT2D eigenvalue weighted by Crippen LogP contribution is -2.29. The zero-order valence-corrected chi connectivity index (χ0v) is 14.5. The molecule has 7 heteroatoms. The Hall–Kier alpha value is -2.80.